The molecule has 0 fully saturated rings. The maximum absolute atomic E-state index is 2.39. The quantitative estimate of drug-likeness (QED) is 0.660. The van der Waals surface area contributed by atoms with Crippen molar-refractivity contribution in [1.82, 2.24) is 0 Å². The van der Waals surface area contributed by atoms with Crippen LogP contribution < -0.4 is 0 Å². The molecule has 0 bridgehead atoms. The number of allylic oxidation sites excluding steroid dienone is 2. The van der Waals surface area contributed by atoms with Crippen molar-refractivity contribution in [3.63, 3.8) is 0 Å². The Morgan fingerprint density at radius 2 is 1.75 bits per heavy atom. The Kier molecular flexibility index (Phi) is 3.18. The van der Waals surface area contributed by atoms with Gasteiger partial charge in [0, 0.05) is 0 Å². The Bertz CT molecular complexity index is 373. The topological polar surface area (TPSA) is 0 Å². The van der Waals surface area contributed by atoms with E-state index in [2.05, 4.69) is 51.1 Å². The maximum Gasteiger partial charge on any atom is -0.0228 e. The van der Waals surface area contributed by atoms with E-state index in [0.29, 0.717) is 5.41 Å². The summed E-state index contributed by atoms with van der Waals surface area (Å²) in [5, 5.41) is 0. The van der Waals surface area contributed by atoms with E-state index in [1.54, 1.807) is 5.57 Å². The summed E-state index contributed by atoms with van der Waals surface area (Å²) in [7, 11) is 0. The molecule has 0 heterocycles. The Morgan fingerprint density at radius 3 is 2.25 bits per heavy atom. The third-order valence-corrected chi connectivity index (χ3v) is 3.10. The summed E-state index contributed by atoms with van der Waals surface area (Å²) in [5.41, 5.74) is 4.81. The Labute approximate surface area is 99.4 Å². The van der Waals surface area contributed by atoms with Crippen molar-refractivity contribution in [3.05, 3.63) is 41.5 Å². The third-order valence-electron chi connectivity index (χ3n) is 3.10. The highest BCUT2D eigenvalue weighted by Gasteiger charge is 2.12. The minimum Gasteiger partial charge on any atom is -0.0807 e. The van der Waals surface area contributed by atoms with Crippen LogP contribution in [0, 0.1) is 5.41 Å². The molecular weight excluding hydrogens is 192 g/mol. The first-order valence-corrected chi connectivity index (χ1v) is 6.33. The molecule has 0 aliphatic heterocycles. The van der Waals surface area contributed by atoms with Crippen LogP contribution in [0.4, 0.5) is 0 Å². The molecule has 0 N–H and O–H groups in total. The lowest BCUT2D eigenvalue weighted by Gasteiger charge is -2.18. The predicted molar refractivity (Wildman–Crippen MR) is 71.4 cm³/mol. The number of rotatable bonds is 2. The molecule has 0 nitrogen and oxygen atoms in total. The molecule has 0 amide bonds. The molecule has 0 spiro atoms. The van der Waals surface area contributed by atoms with Crippen molar-refractivity contribution in [3.8, 4) is 0 Å². The lowest BCUT2D eigenvalue weighted by atomic mass is 9.87. The van der Waals surface area contributed by atoms with E-state index in [4.69, 9.17) is 0 Å². The SMILES string of the molecule is CC(C)(C)Cc1ccc(C2=CCCC2)cc1. The average Bonchev–Trinajstić information content (AvgIpc) is 2.69. The highest BCUT2D eigenvalue weighted by molar-refractivity contribution is 5.67. The highest BCUT2D eigenvalue weighted by Crippen LogP contribution is 2.28. The standard InChI is InChI=1S/C16H22/c1-16(2,3)12-13-8-10-15(11-9-13)14-6-4-5-7-14/h6,8-11H,4-5,7,12H2,1-3H3. The molecule has 1 aromatic rings. The summed E-state index contributed by atoms with van der Waals surface area (Å²) in [6.07, 6.45) is 7.40. The van der Waals surface area contributed by atoms with Gasteiger partial charge in [-0.15, -0.1) is 0 Å². The molecule has 0 radical (unpaired) electrons. The van der Waals surface area contributed by atoms with E-state index in [1.165, 1.54) is 30.4 Å². The molecule has 0 saturated carbocycles. The Hall–Kier alpha value is -1.04. The van der Waals surface area contributed by atoms with Gasteiger partial charge >= 0.3 is 0 Å². The molecule has 0 atom stereocenters. The summed E-state index contributed by atoms with van der Waals surface area (Å²) in [6.45, 7) is 6.88. The van der Waals surface area contributed by atoms with E-state index in [-0.39, 0.29) is 0 Å². The van der Waals surface area contributed by atoms with Gasteiger partial charge in [-0.05, 0) is 47.8 Å². The van der Waals surface area contributed by atoms with Crippen LogP contribution in [0.3, 0.4) is 0 Å². The van der Waals surface area contributed by atoms with Crippen molar-refractivity contribution in [2.45, 2.75) is 46.5 Å². The van der Waals surface area contributed by atoms with Crippen LogP contribution in [0.2, 0.25) is 0 Å². The van der Waals surface area contributed by atoms with Crippen molar-refractivity contribution in [1.29, 1.82) is 0 Å². The zero-order chi connectivity index (χ0) is 11.6. The minimum atomic E-state index is 0.383. The van der Waals surface area contributed by atoms with Crippen LogP contribution in [-0.2, 0) is 6.42 Å². The van der Waals surface area contributed by atoms with E-state index >= 15 is 0 Å². The zero-order valence-corrected chi connectivity index (χ0v) is 10.7. The molecule has 86 valence electrons. The first kappa shape index (κ1) is 11.4. The van der Waals surface area contributed by atoms with Crippen LogP contribution >= 0.6 is 0 Å². The molecular formula is C16H22. The molecule has 0 heteroatoms. The lowest BCUT2D eigenvalue weighted by Crippen LogP contribution is -2.08. The van der Waals surface area contributed by atoms with Crippen LogP contribution in [-0.4, -0.2) is 0 Å². The number of hydrogen-bond donors (Lipinski definition) is 0. The normalized spacial score (nSPS) is 16.3. The maximum atomic E-state index is 2.39. The molecule has 16 heavy (non-hydrogen) atoms. The minimum absolute atomic E-state index is 0.383. The fourth-order valence-corrected chi connectivity index (χ4v) is 2.38. The number of hydrogen-bond acceptors (Lipinski definition) is 0. The van der Waals surface area contributed by atoms with Crippen LogP contribution in [0.15, 0.2) is 30.3 Å². The number of benzene rings is 1. The van der Waals surface area contributed by atoms with Gasteiger partial charge in [-0.25, -0.2) is 0 Å². The van der Waals surface area contributed by atoms with Gasteiger partial charge in [-0.2, -0.15) is 0 Å². The molecule has 2 rings (SSSR count). The molecule has 1 aliphatic rings. The summed E-state index contributed by atoms with van der Waals surface area (Å²) in [5.74, 6) is 0. The van der Waals surface area contributed by atoms with Gasteiger partial charge in [0.25, 0.3) is 0 Å². The van der Waals surface area contributed by atoms with Crippen molar-refractivity contribution < 1.29 is 0 Å². The van der Waals surface area contributed by atoms with E-state index in [9.17, 15) is 0 Å². The summed E-state index contributed by atoms with van der Waals surface area (Å²) in [4.78, 5) is 0. The second kappa shape index (κ2) is 4.45. The third kappa shape index (κ3) is 2.98. The Morgan fingerprint density at radius 1 is 1.06 bits per heavy atom. The first-order chi connectivity index (χ1) is 7.54. The van der Waals surface area contributed by atoms with Gasteiger partial charge < -0.3 is 0 Å². The summed E-state index contributed by atoms with van der Waals surface area (Å²) in [6, 6.07) is 9.16. The van der Waals surface area contributed by atoms with E-state index in [1.807, 2.05) is 0 Å². The summed E-state index contributed by atoms with van der Waals surface area (Å²) >= 11 is 0. The van der Waals surface area contributed by atoms with Crippen LogP contribution in [0.5, 0.6) is 0 Å². The van der Waals surface area contributed by atoms with Gasteiger partial charge in [0.2, 0.25) is 0 Å². The van der Waals surface area contributed by atoms with Crippen LogP contribution in [0.25, 0.3) is 5.57 Å². The first-order valence-electron chi connectivity index (χ1n) is 6.33. The van der Waals surface area contributed by atoms with Gasteiger partial charge in [0.05, 0.1) is 0 Å². The summed E-state index contributed by atoms with van der Waals surface area (Å²) < 4.78 is 0. The highest BCUT2D eigenvalue weighted by atomic mass is 14.2. The smallest absolute Gasteiger partial charge is 0.0228 e. The average molecular weight is 214 g/mol. The van der Waals surface area contributed by atoms with Gasteiger partial charge in [-0.1, -0.05) is 51.1 Å². The van der Waals surface area contributed by atoms with Crippen molar-refractivity contribution >= 4 is 5.57 Å². The molecule has 1 aromatic carbocycles. The van der Waals surface area contributed by atoms with Gasteiger partial charge in [0.1, 0.15) is 0 Å². The second-order valence-electron chi connectivity index (χ2n) is 6.06. The Balaban J connectivity index is 2.10. The van der Waals surface area contributed by atoms with E-state index in [0.717, 1.165) is 6.42 Å². The van der Waals surface area contributed by atoms with Crippen molar-refractivity contribution in [2.75, 3.05) is 0 Å². The molecule has 0 unspecified atom stereocenters. The molecule has 0 aromatic heterocycles. The fourth-order valence-electron chi connectivity index (χ4n) is 2.38. The largest absolute Gasteiger partial charge is 0.0807 e. The van der Waals surface area contributed by atoms with E-state index < -0.39 is 0 Å². The zero-order valence-electron chi connectivity index (χ0n) is 10.7. The molecule has 0 saturated heterocycles. The predicted octanol–water partition coefficient (Wildman–Crippen LogP) is 4.84. The van der Waals surface area contributed by atoms with Crippen LogP contribution in [0.1, 0.15) is 51.2 Å². The fraction of sp³-hybridized carbons (Fsp3) is 0.500. The second-order valence-corrected chi connectivity index (χ2v) is 6.06. The molecule has 1 aliphatic carbocycles. The van der Waals surface area contributed by atoms with Gasteiger partial charge in [-0.3, -0.25) is 0 Å². The van der Waals surface area contributed by atoms with Gasteiger partial charge in [0.15, 0.2) is 0 Å². The van der Waals surface area contributed by atoms with Crippen molar-refractivity contribution in [2.24, 2.45) is 5.41 Å². The lowest BCUT2D eigenvalue weighted by molar-refractivity contribution is 0.411. The monoisotopic (exact) mass is 214 g/mol.